The third-order valence-corrected chi connectivity index (χ3v) is 7.51. The molecule has 7 heteroatoms. The van der Waals surface area contributed by atoms with Crippen LogP contribution in [0.3, 0.4) is 0 Å². The minimum absolute atomic E-state index is 0.178. The number of nitrogens with two attached hydrogens (primary N) is 1. The fourth-order valence-electron chi connectivity index (χ4n) is 5.35. The second-order valence-corrected chi connectivity index (χ2v) is 11.0. The third kappa shape index (κ3) is 6.50. The minimum Gasteiger partial charge on any atom is -0.369 e. The summed E-state index contributed by atoms with van der Waals surface area (Å²) in [6, 6.07) is 17.5. The van der Waals surface area contributed by atoms with Gasteiger partial charge in [-0.1, -0.05) is 88.6 Å². The summed E-state index contributed by atoms with van der Waals surface area (Å²) in [6.07, 6.45) is 3.96. The lowest BCUT2D eigenvalue weighted by molar-refractivity contribution is -0.136. The molecule has 1 saturated carbocycles. The number of anilines is 1. The first kappa shape index (κ1) is 27.6. The van der Waals surface area contributed by atoms with Gasteiger partial charge in [0.25, 0.3) is 5.91 Å². The molecule has 1 heterocycles. The van der Waals surface area contributed by atoms with Crippen molar-refractivity contribution in [2.24, 2.45) is 34.4 Å². The molecule has 2 aromatic carbocycles. The number of primary amides is 1. The van der Waals surface area contributed by atoms with E-state index in [9.17, 15) is 14.4 Å². The zero-order valence-electron chi connectivity index (χ0n) is 22.7. The molecule has 3 atom stereocenters. The molecular formula is C31H40N4O3. The number of nitrogens with zero attached hydrogens (tertiary/aromatic N) is 2. The summed E-state index contributed by atoms with van der Waals surface area (Å²) in [7, 11) is 0. The van der Waals surface area contributed by atoms with Gasteiger partial charge in [0.2, 0.25) is 18.0 Å². The first-order valence-corrected chi connectivity index (χ1v) is 13.9. The molecule has 7 nitrogen and oxygen atoms in total. The molecule has 2 aromatic rings. The summed E-state index contributed by atoms with van der Waals surface area (Å²) in [5.41, 5.74) is 8.95. The maximum Gasteiger partial charge on any atom is 0.272 e. The highest BCUT2D eigenvalue weighted by Gasteiger charge is 2.38. The van der Waals surface area contributed by atoms with Crippen LogP contribution >= 0.6 is 0 Å². The SMILES string of the molecule is CCCC(C(N)=O)C(CC(C)C)C(=O)NC1N=C(c2ccccc2)c2ccccc2N(CCC2CC2)C1=O. The highest BCUT2D eigenvalue weighted by atomic mass is 16.2. The van der Waals surface area contributed by atoms with Gasteiger partial charge in [-0.05, 0) is 37.2 Å². The molecule has 0 bridgehead atoms. The second-order valence-electron chi connectivity index (χ2n) is 11.0. The van der Waals surface area contributed by atoms with E-state index in [1.165, 1.54) is 12.8 Å². The Hall–Kier alpha value is -3.48. The molecule has 0 radical (unpaired) electrons. The molecule has 202 valence electrons. The molecule has 1 aliphatic heterocycles. The summed E-state index contributed by atoms with van der Waals surface area (Å²) >= 11 is 0. The van der Waals surface area contributed by atoms with Gasteiger partial charge in [0.1, 0.15) is 0 Å². The lowest BCUT2D eigenvalue weighted by Crippen LogP contribution is -2.51. The maximum atomic E-state index is 14.0. The van der Waals surface area contributed by atoms with Crippen LogP contribution in [-0.2, 0) is 14.4 Å². The van der Waals surface area contributed by atoms with Crippen LogP contribution < -0.4 is 16.0 Å². The van der Waals surface area contributed by atoms with Crippen molar-refractivity contribution in [3.63, 3.8) is 0 Å². The van der Waals surface area contributed by atoms with Gasteiger partial charge < -0.3 is 16.0 Å². The lowest BCUT2D eigenvalue weighted by Gasteiger charge is -2.28. The van der Waals surface area contributed by atoms with Crippen molar-refractivity contribution in [3.05, 3.63) is 65.7 Å². The number of carbonyl (C=O) groups is 3. The Labute approximate surface area is 225 Å². The Morgan fingerprint density at radius 1 is 1.05 bits per heavy atom. The van der Waals surface area contributed by atoms with Crippen molar-refractivity contribution in [1.82, 2.24) is 5.32 Å². The predicted molar refractivity (Wildman–Crippen MR) is 151 cm³/mol. The van der Waals surface area contributed by atoms with Gasteiger partial charge in [-0.2, -0.15) is 0 Å². The number of amides is 3. The topological polar surface area (TPSA) is 105 Å². The Balaban J connectivity index is 1.74. The molecule has 3 N–H and O–H groups in total. The molecule has 0 saturated heterocycles. The smallest absolute Gasteiger partial charge is 0.272 e. The van der Waals surface area contributed by atoms with Crippen LogP contribution in [0.25, 0.3) is 0 Å². The zero-order chi connectivity index (χ0) is 27.2. The van der Waals surface area contributed by atoms with E-state index in [0.717, 1.165) is 29.7 Å². The van der Waals surface area contributed by atoms with Crippen LogP contribution in [0.2, 0.25) is 0 Å². The molecule has 0 spiro atoms. The fourth-order valence-corrected chi connectivity index (χ4v) is 5.35. The average molecular weight is 517 g/mol. The first-order valence-electron chi connectivity index (χ1n) is 13.9. The van der Waals surface area contributed by atoms with Gasteiger partial charge in [0, 0.05) is 29.5 Å². The highest BCUT2D eigenvalue weighted by Crippen LogP contribution is 2.35. The predicted octanol–water partition coefficient (Wildman–Crippen LogP) is 4.68. The number of rotatable bonds is 12. The van der Waals surface area contributed by atoms with E-state index in [0.29, 0.717) is 31.0 Å². The Morgan fingerprint density at radius 2 is 1.74 bits per heavy atom. The number of para-hydroxylation sites is 1. The number of nitrogens with one attached hydrogen (secondary N) is 1. The monoisotopic (exact) mass is 516 g/mol. The molecule has 2 aliphatic rings. The Morgan fingerprint density at radius 3 is 2.37 bits per heavy atom. The number of fused-ring (bicyclic) bond motifs is 1. The van der Waals surface area contributed by atoms with Gasteiger partial charge in [-0.3, -0.25) is 14.4 Å². The normalized spacial score (nSPS) is 18.8. The second kappa shape index (κ2) is 12.4. The van der Waals surface area contributed by atoms with Crippen LogP contribution in [0.5, 0.6) is 0 Å². The number of carbonyl (C=O) groups excluding carboxylic acids is 3. The number of benzene rings is 2. The number of hydrogen-bond acceptors (Lipinski definition) is 4. The highest BCUT2D eigenvalue weighted by molar-refractivity contribution is 6.20. The molecular weight excluding hydrogens is 476 g/mol. The number of hydrogen-bond donors (Lipinski definition) is 2. The van der Waals surface area contributed by atoms with E-state index in [2.05, 4.69) is 5.32 Å². The molecule has 1 fully saturated rings. The first-order chi connectivity index (χ1) is 18.3. The summed E-state index contributed by atoms with van der Waals surface area (Å²) in [6.45, 7) is 6.58. The molecule has 4 rings (SSSR count). The summed E-state index contributed by atoms with van der Waals surface area (Å²) in [4.78, 5) is 46.8. The lowest BCUT2D eigenvalue weighted by atomic mass is 9.81. The van der Waals surface area contributed by atoms with Crippen LogP contribution in [0.4, 0.5) is 5.69 Å². The minimum atomic E-state index is -1.10. The quantitative estimate of drug-likeness (QED) is 0.428. The molecule has 1 aliphatic carbocycles. The van der Waals surface area contributed by atoms with Gasteiger partial charge in [0.05, 0.1) is 11.4 Å². The summed E-state index contributed by atoms with van der Waals surface area (Å²) in [5, 5.41) is 2.95. The number of aliphatic imine (C=N–C) groups is 1. The van der Waals surface area contributed by atoms with Crippen molar-refractivity contribution in [3.8, 4) is 0 Å². The average Bonchev–Trinajstić information content (AvgIpc) is 3.74. The summed E-state index contributed by atoms with van der Waals surface area (Å²) < 4.78 is 0. The van der Waals surface area contributed by atoms with E-state index in [-0.39, 0.29) is 17.7 Å². The Kier molecular flexibility index (Phi) is 8.97. The van der Waals surface area contributed by atoms with Crippen LogP contribution in [0.1, 0.15) is 70.4 Å². The van der Waals surface area contributed by atoms with E-state index < -0.39 is 23.9 Å². The number of benzodiazepines with no additional fused rings is 1. The van der Waals surface area contributed by atoms with E-state index in [1.807, 2.05) is 75.4 Å². The van der Waals surface area contributed by atoms with E-state index in [1.54, 1.807) is 4.90 Å². The molecule has 3 unspecified atom stereocenters. The van der Waals surface area contributed by atoms with E-state index >= 15 is 0 Å². The van der Waals surface area contributed by atoms with E-state index in [4.69, 9.17) is 10.7 Å². The Bertz CT molecular complexity index is 1170. The van der Waals surface area contributed by atoms with Crippen LogP contribution in [0.15, 0.2) is 59.6 Å². The molecule has 38 heavy (non-hydrogen) atoms. The van der Waals surface area contributed by atoms with Crippen LogP contribution in [-0.4, -0.2) is 36.1 Å². The summed E-state index contributed by atoms with van der Waals surface area (Å²) in [5.74, 6) is -1.49. The zero-order valence-corrected chi connectivity index (χ0v) is 22.7. The van der Waals surface area contributed by atoms with Gasteiger partial charge in [0.15, 0.2) is 0 Å². The van der Waals surface area contributed by atoms with Crippen molar-refractivity contribution in [1.29, 1.82) is 0 Å². The van der Waals surface area contributed by atoms with Gasteiger partial charge in [-0.25, -0.2) is 4.99 Å². The standard InChI is InChI=1S/C31H40N4O3/c1-4-10-23(28(32)36)25(19-20(2)3)30(37)34-29-31(38)35(18-17-21-15-16-21)26-14-9-8-13-24(26)27(33-29)22-11-6-5-7-12-22/h5-9,11-14,20-21,23,25,29H,4,10,15-19H2,1-3H3,(H2,32,36)(H,34,37). The molecule has 0 aromatic heterocycles. The van der Waals surface area contributed by atoms with Crippen molar-refractivity contribution < 1.29 is 14.4 Å². The van der Waals surface area contributed by atoms with Gasteiger partial charge >= 0.3 is 0 Å². The van der Waals surface area contributed by atoms with Crippen molar-refractivity contribution in [2.45, 2.75) is 65.5 Å². The van der Waals surface area contributed by atoms with Crippen LogP contribution in [0, 0.1) is 23.7 Å². The van der Waals surface area contributed by atoms with Gasteiger partial charge in [-0.15, -0.1) is 0 Å². The maximum absolute atomic E-state index is 14.0. The van der Waals surface area contributed by atoms with Crippen molar-refractivity contribution in [2.75, 3.05) is 11.4 Å². The largest absolute Gasteiger partial charge is 0.369 e. The van der Waals surface area contributed by atoms with Crippen molar-refractivity contribution >= 4 is 29.1 Å². The third-order valence-electron chi connectivity index (χ3n) is 7.51. The fraction of sp³-hybridized carbons (Fsp3) is 0.484. The molecule has 3 amide bonds.